The monoisotopic (exact) mass is 337 g/mol. The number of pyridine rings is 1. The molecule has 0 bridgehead atoms. The Morgan fingerprint density at radius 3 is 2.61 bits per heavy atom. The zero-order valence-electron chi connectivity index (χ0n) is 13.2. The molecule has 0 spiro atoms. The van der Waals surface area contributed by atoms with E-state index in [9.17, 15) is 9.90 Å². The van der Waals surface area contributed by atoms with Crippen LogP contribution in [0.1, 0.15) is 38.5 Å². The lowest BCUT2D eigenvalue weighted by Gasteiger charge is -2.41. The van der Waals surface area contributed by atoms with Gasteiger partial charge in [0.1, 0.15) is 5.82 Å². The van der Waals surface area contributed by atoms with E-state index in [0.717, 1.165) is 45.2 Å². The molecule has 3 rings (SSSR count). The van der Waals surface area contributed by atoms with Crippen molar-refractivity contribution in [2.24, 2.45) is 5.92 Å². The molecular formula is C17H24ClN3O2. The van der Waals surface area contributed by atoms with Gasteiger partial charge in [-0.05, 0) is 50.9 Å². The van der Waals surface area contributed by atoms with E-state index in [1.165, 1.54) is 12.6 Å². The van der Waals surface area contributed by atoms with Crippen molar-refractivity contribution in [3.05, 3.63) is 23.4 Å². The zero-order valence-corrected chi connectivity index (χ0v) is 14.0. The normalized spacial score (nSPS) is 26.9. The lowest BCUT2D eigenvalue weighted by molar-refractivity contribution is -0.121. The first-order chi connectivity index (χ1) is 11.1. The van der Waals surface area contributed by atoms with Crippen LogP contribution in [0.25, 0.3) is 0 Å². The third kappa shape index (κ3) is 4.22. The largest absolute Gasteiger partial charge is 0.391 e. The van der Waals surface area contributed by atoms with Crippen molar-refractivity contribution < 1.29 is 9.90 Å². The Labute approximate surface area is 142 Å². The first-order valence-electron chi connectivity index (χ1n) is 8.48. The van der Waals surface area contributed by atoms with E-state index in [-0.39, 0.29) is 24.0 Å². The number of likely N-dealkylation sites (tertiary alicyclic amines) is 1. The summed E-state index contributed by atoms with van der Waals surface area (Å²) in [6.45, 7) is 1.77. The van der Waals surface area contributed by atoms with Crippen molar-refractivity contribution in [1.29, 1.82) is 0 Å². The number of aromatic nitrogens is 1. The maximum atomic E-state index is 12.3. The topological polar surface area (TPSA) is 65.5 Å². The van der Waals surface area contributed by atoms with Crippen LogP contribution in [-0.2, 0) is 4.79 Å². The highest BCUT2D eigenvalue weighted by atomic mass is 35.5. The first kappa shape index (κ1) is 16.7. The van der Waals surface area contributed by atoms with Crippen LogP contribution in [0.15, 0.2) is 18.3 Å². The predicted molar refractivity (Wildman–Crippen MR) is 90.4 cm³/mol. The highest BCUT2D eigenvalue weighted by Gasteiger charge is 2.33. The number of nitrogens with zero attached hydrogens (tertiary/aromatic N) is 2. The summed E-state index contributed by atoms with van der Waals surface area (Å²) in [4.78, 5) is 18.8. The minimum atomic E-state index is -0.201. The smallest absolute Gasteiger partial charge is 0.228 e. The van der Waals surface area contributed by atoms with Crippen molar-refractivity contribution in [1.82, 2.24) is 9.88 Å². The molecule has 1 saturated carbocycles. The average Bonchev–Trinajstić information content (AvgIpc) is 2.57. The molecule has 2 aliphatic rings. The van der Waals surface area contributed by atoms with Gasteiger partial charge in [0.2, 0.25) is 5.91 Å². The van der Waals surface area contributed by atoms with Gasteiger partial charge < -0.3 is 10.4 Å². The Morgan fingerprint density at radius 1 is 1.22 bits per heavy atom. The maximum absolute atomic E-state index is 12.3. The molecule has 23 heavy (non-hydrogen) atoms. The van der Waals surface area contributed by atoms with Crippen LogP contribution >= 0.6 is 11.6 Å². The van der Waals surface area contributed by atoms with Gasteiger partial charge in [0.15, 0.2) is 0 Å². The Kier molecular flexibility index (Phi) is 5.51. The number of aliphatic hydroxyl groups excluding tert-OH is 1. The van der Waals surface area contributed by atoms with E-state index in [1.807, 2.05) is 0 Å². The minimum Gasteiger partial charge on any atom is -0.391 e. The van der Waals surface area contributed by atoms with Gasteiger partial charge in [0.05, 0.1) is 11.1 Å². The van der Waals surface area contributed by atoms with Crippen LogP contribution in [0, 0.1) is 5.92 Å². The Hall–Kier alpha value is -1.17. The van der Waals surface area contributed by atoms with Gasteiger partial charge in [-0.3, -0.25) is 9.69 Å². The second kappa shape index (κ2) is 7.60. The SMILES string of the molecule is O=C(Nc1ccc(Cl)cn1)C1CCN(C2CCCCC2O)CC1. The van der Waals surface area contributed by atoms with Gasteiger partial charge in [-0.15, -0.1) is 0 Å². The third-order valence-corrected chi connectivity index (χ3v) is 5.27. The Morgan fingerprint density at radius 2 is 1.96 bits per heavy atom. The van der Waals surface area contributed by atoms with Crippen molar-refractivity contribution in [2.45, 2.75) is 50.7 Å². The van der Waals surface area contributed by atoms with Crippen LogP contribution in [0.2, 0.25) is 5.02 Å². The molecule has 2 unspecified atom stereocenters. The number of halogens is 1. The molecular weight excluding hydrogens is 314 g/mol. The van der Waals surface area contributed by atoms with Crippen LogP contribution in [0.5, 0.6) is 0 Å². The molecule has 2 fully saturated rings. The fourth-order valence-electron chi connectivity index (χ4n) is 3.69. The van der Waals surface area contributed by atoms with Crippen LogP contribution in [-0.4, -0.2) is 46.1 Å². The maximum Gasteiger partial charge on any atom is 0.228 e. The van der Waals surface area contributed by atoms with Gasteiger partial charge in [-0.25, -0.2) is 4.98 Å². The van der Waals surface area contributed by atoms with Gasteiger partial charge in [0, 0.05) is 18.2 Å². The van der Waals surface area contributed by atoms with E-state index in [4.69, 9.17) is 11.6 Å². The minimum absolute atomic E-state index is 0.0180. The summed E-state index contributed by atoms with van der Waals surface area (Å²) in [7, 11) is 0. The number of piperidine rings is 1. The number of anilines is 1. The molecule has 1 aromatic heterocycles. The summed E-state index contributed by atoms with van der Waals surface area (Å²) in [5, 5.41) is 13.6. The second-order valence-corrected chi connectivity index (χ2v) is 7.02. The van der Waals surface area contributed by atoms with E-state index in [0.29, 0.717) is 10.8 Å². The van der Waals surface area contributed by atoms with Crippen molar-refractivity contribution in [3.63, 3.8) is 0 Å². The molecule has 1 saturated heterocycles. The van der Waals surface area contributed by atoms with Crippen molar-refractivity contribution in [3.8, 4) is 0 Å². The number of carbonyl (C=O) groups is 1. The molecule has 5 nitrogen and oxygen atoms in total. The Bertz CT molecular complexity index is 529. The summed E-state index contributed by atoms with van der Waals surface area (Å²) >= 11 is 5.80. The van der Waals surface area contributed by atoms with Crippen molar-refractivity contribution >= 4 is 23.3 Å². The van der Waals surface area contributed by atoms with Gasteiger partial charge in [-0.1, -0.05) is 24.4 Å². The van der Waals surface area contributed by atoms with E-state index >= 15 is 0 Å². The fourth-order valence-corrected chi connectivity index (χ4v) is 3.80. The summed E-state index contributed by atoms with van der Waals surface area (Å²) in [6.07, 6.45) is 7.32. The fraction of sp³-hybridized carbons (Fsp3) is 0.647. The number of aliphatic hydroxyl groups is 1. The average molecular weight is 338 g/mol. The van der Waals surface area contributed by atoms with Crippen molar-refractivity contribution in [2.75, 3.05) is 18.4 Å². The molecule has 1 aliphatic heterocycles. The quantitative estimate of drug-likeness (QED) is 0.890. The van der Waals surface area contributed by atoms with E-state index < -0.39 is 0 Å². The van der Waals surface area contributed by atoms with E-state index in [1.54, 1.807) is 12.1 Å². The molecule has 0 aromatic carbocycles. The molecule has 2 heterocycles. The standard InChI is InChI=1S/C17H24ClN3O2/c18-13-5-6-16(19-11-13)20-17(23)12-7-9-21(10-8-12)14-3-1-2-4-15(14)22/h5-6,11-12,14-15,22H,1-4,7-10H2,(H,19,20,23). The van der Waals surface area contributed by atoms with E-state index in [2.05, 4.69) is 15.2 Å². The lowest BCUT2D eigenvalue weighted by Crippen LogP contribution is -2.49. The van der Waals surface area contributed by atoms with Crippen LogP contribution < -0.4 is 5.32 Å². The van der Waals surface area contributed by atoms with Crippen LogP contribution in [0.3, 0.4) is 0 Å². The molecule has 2 atom stereocenters. The second-order valence-electron chi connectivity index (χ2n) is 6.58. The zero-order chi connectivity index (χ0) is 16.2. The highest BCUT2D eigenvalue weighted by molar-refractivity contribution is 6.30. The summed E-state index contributed by atoms with van der Waals surface area (Å²) < 4.78 is 0. The van der Waals surface area contributed by atoms with Gasteiger partial charge in [-0.2, -0.15) is 0 Å². The molecule has 0 radical (unpaired) electrons. The number of carbonyl (C=O) groups excluding carboxylic acids is 1. The van der Waals surface area contributed by atoms with Gasteiger partial charge in [0.25, 0.3) is 0 Å². The molecule has 1 aliphatic carbocycles. The number of hydrogen-bond acceptors (Lipinski definition) is 4. The number of hydrogen-bond donors (Lipinski definition) is 2. The summed E-state index contributed by atoms with van der Waals surface area (Å²) in [5.74, 6) is 0.595. The molecule has 1 amide bonds. The highest BCUT2D eigenvalue weighted by Crippen LogP contribution is 2.28. The molecule has 126 valence electrons. The summed E-state index contributed by atoms with van der Waals surface area (Å²) in [5.41, 5.74) is 0. The molecule has 2 N–H and O–H groups in total. The van der Waals surface area contributed by atoms with Crippen LogP contribution in [0.4, 0.5) is 5.82 Å². The predicted octanol–water partition coefficient (Wildman–Crippen LogP) is 2.69. The molecule has 1 aromatic rings. The Balaban J connectivity index is 1.50. The number of amides is 1. The van der Waals surface area contributed by atoms with Gasteiger partial charge >= 0.3 is 0 Å². The lowest BCUT2D eigenvalue weighted by atomic mass is 9.88. The first-order valence-corrected chi connectivity index (χ1v) is 8.86. The number of nitrogens with one attached hydrogen (secondary N) is 1. The summed E-state index contributed by atoms with van der Waals surface area (Å²) in [6, 6.07) is 3.72. The molecule has 6 heteroatoms. The third-order valence-electron chi connectivity index (χ3n) is 5.04. The number of rotatable bonds is 3.